The van der Waals surface area contributed by atoms with Gasteiger partial charge in [0.1, 0.15) is 11.5 Å². The lowest BCUT2D eigenvalue weighted by atomic mass is 10.0. The average molecular weight is 478 g/mol. The molecular weight excluding hydrogens is 464 g/mol. The molecule has 0 spiro atoms. The Morgan fingerprint density at radius 3 is 2.69 bits per heavy atom. The summed E-state index contributed by atoms with van der Waals surface area (Å²) in [6, 6.07) is 3.06. The summed E-state index contributed by atoms with van der Waals surface area (Å²) in [7, 11) is -4.30. The molecule has 2 heterocycles. The number of hydrogen-bond donors (Lipinski definition) is 4. The molecule has 4 N–H and O–H groups in total. The zero-order valence-corrected chi connectivity index (χ0v) is 17.7. The van der Waals surface area contributed by atoms with Crippen LogP contribution in [-0.4, -0.2) is 35.6 Å². The van der Waals surface area contributed by atoms with Gasteiger partial charge in [-0.1, -0.05) is 11.6 Å². The fraction of sp³-hybridized carbons (Fsp3) is 0.100. The number of benzene rings is 1. The lowest BCUT2D eigenvalue weighted by Crippen LogP contribution is -2.23. The number of nitrogens with one attached hydrogen (secondary N) is 4. The molecule has 0 saturated carbocycles. The van der Waals surface area contributed by atoms with E-state index in [1.807, 2.05) is 4.72 Å². The van der Waals surface area contributed by atoms with Crippen LogP contribution in [-0.2, 0) is 10.0 Å². The largest absolute Gasteiger partial charge is 0.345 e. The molecule has 3 aromatic rings. The summed E-state index contributed by atoms with van der Waals surface area (Å²) >= 11 is 5.91. The summed E-state index contributed by atoms with van der Waals surface area (Å²) in [5.74, 6) is -3.59. The summed E-state index contributed by atoms with van der Waals surface area (Å²) in [5, 5.41) is 15.6. The highest BCUT2D eigenvalue weighted by atomic mass is 35.5. The van der Waals surface area contributed by atoms with Crippen molar-refractivity contribution in [1.82, 2.24) is 9.97 Å². The number of H-pyrrole nitrogens is 1. The van der Waals surface area contributed by atoms with Crippen LogP contribution in [0.4, 0.5) is 14.5 Å². The standard InChI is InChI=1S/C20H14ClF2N5O3S/c21-9-5-11-12(8-27-20(11)26-7-9)19(29)17-13(22)2-4-16(18(17)23)28-32(30,31)10-1-3-14(24)15(25)6-10/h2,4-8,24-25,28H,1,3H2,(H,26,27). The first-order valence-corrected chi connectivity index (χ1v) is 11.0. The number of nitrogens with zero attached hydrogens (tertiary/aromatic N) is 1. The van der Waals surface area contributed by atoms with E-state index < -0.39 is 38.7 Å². The Hall–Kier alpha value is -3.44. The second-order valence-electron chi connectivity index (χ2n) is 6.97. The third-order valence-electron chi connectivity index (χ3n) is 4.90. The number of aromatic nitrogens is 2. The molecule has 0 aliphatic heterocycles. The molecule has 2 aromatic heterocycles. The number of anilines is 1. The summed E-state index contributed by atoms with van der Waals surface area (Å²) in [4.78, 5) is 19.5. The van der Waals surface area contributed by atoms with Crippen LogP contribution in [0.5, 0.6) is 0 Å². The van der Waals surface area contributed by atoms with Gasteiger partial charge in [-0.05, 0) is 37.1 Å². The van der Waals surface area contributed by atoms with Crippen molar-refractivity contribution in [3.63, 3.8) is 0 Å². The molecule has 32 heavy (non-hydrogen) atoms. The number of carbonyl (C=O) groups excluding carboxylic acids is 1. The van der Waals surface area contributed by atoms with E-state index in [1.54, 1.807) is 0 Å². The van der Waals surface area contributed by atoms with Gasteiger partial charge >= 0.3 is 0 Å². The van der Waals surface area contributed by atoms with E-state index in [9.17, 15) is 17.6 Å². The summed E-state index contributed by atoms with van der Waals surface area (Å²) in [6.45, 7) is 0. The molecule has 8 nitrogen and oxygen atoms in total. The van der Waals surface area contributed by atoms with E-state index in [4.69, 9.17) is 22.4 Å². The summed E-state index contributed by atoms with van der Waals surface area (Å²) in [5.41, 5.74) is -1.66. The first kappa shape index (κ1) is 21.8. The van der Waals surface area contributed by atoms with Gasteiger partial charge in [-0.2, -0.15) is 0 Å². The van der Waals surface area contributed by atoms with Crippen molar-refractivity contribution in [2.45, 2.75) is 12.8 Å². The van der Waals surface area contributed by atoms with Crippen molar-refractivity contribution < 1.29 is 22.0 Å². The fourth-order valence-corrected chi connectivity index (χ4v) is 4.65. The number of fused-ring (bicyclic) bond motifs is 1. The smallest absolute Gasteiger partial charge is 0.258 e. The molecule has 0 bridgehead atoms. The molecule has 164 valence electrons. The zero-order valence-electron chi connectivity index (χ0n) is 16.1. The van der Waals surface area contributed by atoms with Gasteiger partial charge in [-0.3, -0.25) is 14.9 Å². The van der Waals surface area contributed by atoms with Crippen LogP contribution < -0.4 is 4.72 Å². The van der Waals surface area contributed by atoms with E-state index in [2.05, 4.69) is 9.97 Å². The first-order chi connectivity index (χ1) is 15.1. The van der Waals surface area contributed by atoms with Gasteiger partial charge in [0, 0.05) is 23.3 Å². The minimum atomic E-state index is -4.30. The van der Waals surface area contributed by atoms with Crippen molar-refractivity contribution in [2.24, 2.45) is 0 Å². The highest BCUT2D eigenvalue weighted by molar-refractivity contribution is 7.96. The van der Waals surface area contributed by atoms with Crippen LogP contribution in [0.2, 0.25) is 5.02 Å². The molecule has 0 radical (unpaired) electrons. The van der Waals surface area contributed by atoms with Crippen LogP contribution in [0.15, 0.2) is 41.6 Å². The maximum Gasteiger partial charge on any atom is 0.258 e. The van der Waals surface area contributed by atoms with E-state index in [0.29, 0.717) is 0 Å². The second kappa shape index (κ2) is 7.92. The average Bonchev–Trinajstić information content (AvgIpc) is 3.15. The number of ketones is 1. The fourth-order valence-electron chi connectivity index (χ4n) is 3.27. The molecule has 12 heteroatoms. The number of allylic oxidation sites excluding steroid dienone is 2. The van der Waals surface area contributed by atoms with Gasteiger partial charge in [0.2, 0.25) is 5.78 Å². The Labute approximate surface area is 185 Å². The molecule has 4 rings (SSSR count). The molecule has 0 fully saturated rings. The Balaban J connectivity index is 1.74. The number of aromatic amines is 1. The van der Waals surface area contributed by atoms with Gasteiger partial charge < -0.3 is 10.4 Å². The van der Waals surface area contributed by atoms with Gasteiger partial charge in [0.05, 0.1) is 32.6 Å². The van der Waals surface area contributed by atoms with E-state index >= 15 is 4.39 Å². The van der Waals surface area contributed by atoms with Crippen LogP contribution >= 0.6 is 11.6 Å². The highest BCUT2D eigenvalue weighted by Gasteiger charge is 2.28. The third-order valence-corrected chi connectivity index (χ3v) is 6.61. The predicted octanol–water partition coefficient (Wildman–Crippen LogP) is 4.18. The van der Waals surface area contributed by atoms with E-state index in [-0.39, 0.29) is 50.8 Å². The van der Waals surface area contributed by atoms with Gasteiger partial charge in [-0.15, -0.1) is 0 Å². The van der Waals surface area contributed by atoms with Crippen molar-refractivity contribution in [3.05, 3.63) is 69.4 Å². The van der Waals surface area contributed by atoms with Crippen LogP contribution in [0, 0.1) is 22.5 Å². The number of halogens is 3. The molecule has 1 aliphatic carbocycles. The van der Waals surface area contributed by atoms with Crippen LogP contribution in [0.3, 0.4) is 0 Å². The minimum Gasteiger partial charge on any atom is -0.345 e. The number of sulfonamides is 1. The lowest BCUT2D eigenvalue weighted by Gasteiger charge is -2.17. The topological polar surface area (TPSA) is 140 Å². The van der Waals surface area contributed by atoms with Crippen LogP contribution in [0.25, 0.3) is 11.0 Å². The molecule has 1 aromatic carbocycles. The van der Waals surface area contributed by atoms with E-state index in [0.717, 1.165) is 18.2 Å². The van der Waals surface area contributed by atoms with E-state index in [1.165, 1.54) is 18.5 Å². The number of carbonyl (C=O) groups is 1. The third kappa shape index (κ3) is 3.80. The van der Waals surface area contributed by atoms with Crippen molar-refractivity contribution in [2.75, 3.05) is 4.72 Å². The molecule has 0 saturated heterocycles. The first-order valence-electron chi connectivity index (χ1n) is 9.13. The number of rotatable bonds is 5. The SMILES string of the molecule is N=C1C=C(S(=O)(=O)Nc2ccc(F)c(C(=O)c3c[nH]c4ncc(Cl)cc34)c2F)CCC1=N. The zero-order chi connectivity index (χ0) is 23.2. The lowest BCUT2D eigenvalue weighted by molar-refractivity contribution is 0.103. The normalized spacial score (nSPS) is 14.5. The monoisotopic (exact) mass is 477 g/mol. The molecule has 0 unspecified atom stereocenters. The maximum atomic E-state index is 15.2. The van der Waals surface area contributed by atoms with Crippen molar-refractivity contribution in [1.29, 1.82) is 10.8 Å². The molecule has 0 atom stereocenters. The number of pyridine rings is 1. The van der Waals surface area contributed by atoms with Gasteiger partial charge in [0.15, 0.2) is 5.82 Å². The molecular formula is C20H14ClF2N5O3S. The minimum absolute atomic E-state index is 0.0156. The molecule has 0 amide bonds. The Kier molecular flexibility index (Phi) is 5.39. The maximum absolute atomic E-state index is 15.2. The second-order valence-corrected chi connectivity index (χ2v) is 9.15. The summed E-state index contributed by atoms with van der Waals surface area (Å²) < 4.78 is 56.9. The van der Waals surface area contributed by atoms with Gasteiger partial charge in [0.25, 0.3) is 10.0 Å². The van der Waals surface area contributed by atoms with Crippen molar-refractivity contribution >= 4 is 55.6 Å². The molecule has 1 aliphatic rings. The van der Waals surface area contributed by atoms with Crippen LogP contribution in [0.1, 0.15) is 28.8 Å². The Morgan fingerprint density at radius 2 is 1.97 bits per heavy atom. The predicted molar refractivity (Wildman–Crippen MR) is 116 cm³/mol. The quantitative estimate of drug-likeness (QED) is 0.409. The highest BCUT2D eigenvalue weighted by Crippen LogP contribution is 2.29. The van der Waals surface area contributed by atoms with Gasteiger partial charge in [-0.25, -0.2) is 22.2 Å². The van der Waals surface area contributed by atoms with Crippen molar-refractivity contribution in [3.8, 4) is 0 Å². The Bertz CT molecular complexity index is 1460. The Morgan fingerprint density at radius 1 is 1.22 bits per heavy atom. The summed E-state index contributed by atoms with van der Waals surface area (Å²) in [6.07, 6.45) is 3.57. The number of hydrogen-bond acceptors (Lipinski definition) is 6.